The first-order valence-electron chi connectivity index (χ1n) is 3.78. The zero-order valence-corrected chi connectivity index (χ0v) is 9.31. The number of nitrogens with zero attached hydrogens (tertiary/aromatic N) is 1. The summed E-state index contributed by atoms with van der Waals surface area (Å²) in [4.78, 5) is 15.2. The molecule has 0 aliphatic heterocycles. The van der Waals surface area contributed by atoms with Crippen molar-refractivity contribution < 1.29 is 9.53 Å². The number of carbonyl (C=O) groups is 1. The van der Waals surface area contributed by atoms with Crippen molar-refractivity contribution in [3.63, 3.8) is 0 Å². The van der Waals surface area contributed by atoms with E-state index in [1.54, 1.807) is 6.20 Å². The lowest BCUT2D eigenvalue weighted by molar-refractivity contribution is 0.0593. The number of hydrogen-bond donors (Lipinski definition) is 0. The van der Waals surface area contributed by atoms with Gasteiger partial charge in [-0.1, -0.05) is 15.9 Å². The average molecular weight is 244 g/mol. The van der Waals surface area contributed by atoms with Crippen molar-refractivity contribution in [3.05, 3.63) is 27.5 Å². The van der Waals surface area contributed by atoms with Gasteiger partial charge in [-0.05, 0) is 25.0 Å². The molecule has 0 saturated carbocycles. The third-order valence-electron chi connectivity index (χ3n) is 1.80. The summed E-state index contributed by atoms with van der Waals surface area (Å²) >= 11 is 3.38. The maximum absolute atomic E-state index is 11.2. The van der Waals surface area contributed by atoms with Crippen LogP contribution in [-0.2, 0) is 4.74 Å². The Morgan fingerprint density at radius 1 is 1.54 bits per heavy atom. The quantitative estimate of drug-likeness (QED) is 0.711. The van der Waals surface area contributed by atoms with Crippen LogP contribution >= 0.6 is 15.9 Å². The van der Waals surface area contributed by atoms with E-state index in [1.165, 1.54) is 7.11 Å². The number of ether oxygens (including phenoxy) is 1. The number of methoxy groups -OCH3 is 1. The Morgan fingerprint density at radius 2 is 2.15 bits per heavy atom. The van der Waals surface area contributed by atoms with Gasteiger partial charge in [0.1, 0.15) is 0 Å². The summed E-state index contributed by atoms with van der Waals surface area (Å²) in [6.07, 6.45) is 1.64. The molecule has 3 nitrogen and oxygen atoms in total. The predicted molar refractivity (Wildman–Crippen MR) is 52.8 cm³/mol. The van der Waals surface area contributed by atoms with Crippen LogP contribution in [0.15, 0.2) is 10.7 Å². The highest BCUT2D eigenvalue weighted by Crippen LogP contribution is 2.22. The monoisotopic (exact) mass is 243 g/mol. The van der Waals surface area contributed by atoms with Gasteiger partial charge in [-0.2, -0.15) is 0 Å². The molecule has 70 valence electrons. The normalized spacial score (nSPS) is 9.85. The minimum atomic E-state index is -0.404. The van der Waals surface area contributed by atoms with Crippen LogP contribution in [0.5, 0.6) is 0 Å². The van der Waals surface area contributed by atoms with Gasteiger partial charge in [0.2, 0.25) is 0 Å². The molecule has 0 radical (unpaired) electrons. The zero-order valence-electron chi connectivity index (χ0n) is 7.72. The van der Waals surface area contributed by atoms with E-state index in [-0.39, 0.29) is 0 Å². The van der Waals surface area contributed by atoms with Crippen LogP contribution in [0.4, 0.5) is 0 Å². The summed E-state index contributed by atoms with van der Waals surface area (Å²) in [6, 6.07) is 0. The van der Waals surface area contributed by atoms with Gasteiger partial charge in [0.25, 0.3) is 0 Å². The molecule has 0 bridgehead atoms. The smallest absolute Gasteiger partial charge is 0.356 e. The van der Waals surface area contributed by atoms with Gasteiger partial charge in [0.05, 0.1) is 7.11 Å². The highest BCUT2D eigenvalue weighted by molar-refractivity contribution is 9.10. The van der Waals surface area contributed by atoms with Crippen molar-refractivity contribution >= 4 is 21.9 Å². The fourth-order valence-corrected chi connectivity index (χ4v) is 1.31. The van der Waals surface area contributed by atoms with Crippen LogP contribution in [-0.4, -0.2) is 18.1 Å². The maximum atomic E-state index is 11.2. The summed E-state index contributed by atoms with van der Waals surface area (Å²) in [7, 11) is 1.34. The molecule has 0 fully saturated rings. The van der Waals surface area contributed by atoms with E-state index < -0.39 is 5.97 Å². The van der Waals surface area contributed by atoms with Gasteiger partial charge in [-0.25, -0.2) is 9.78 Å². The van der Waals surface area contributed by atoms with E-state index in [0.717, 1.165) is 15.6 Å². The van der Waals surface area contributed by atoms with E-state index in [9.17, 15) is 4.79 Å². The van der Waals surface area contributed by atoms with E-state index >= 15 is 0 Å². The van der Waals surface area contributed by atoms with Crippen molar-refractivity contribution in [1.82, 2.24) is 4.98 Å². The van der Waals surface area contributed by atoms with Crippen LogP contribution in [0.3, 0.4) is 0 Å². The second-order valence-corrected chi connectivity index (χ2v) is 3.51. The zero-order chi connectivity index (χ0) is 10.0. The molecule has 0 atom stereocenters. The van der Waals surface area contributed by atoms with E-state index in [0.29, 0.717) is 5.69 Å². The molecule has 1 aromatic heterocycles. The molecule has 0 saturated heterocycles. The molecule has 0 N–H and O–H groups in total. The maximum Gasteiger partial charge on any atom is 0.356 e. The molecule has 4 heteroatoms. The third-order valence-corrected chi connectivity index (χ3v) is 3.02. The Kier molecular flexibility index (Phi) is 3.03. The van der Waals surface area contributed by atoms with Gasteiger partial charge in [0, 0.05) is 10.7 Å². The molecule has 1 rings (SSSR count). The number of aromatic nitrogens is 1. The standard InChI is InChI=1S/C9H10BrNO2/c1-5-4-11-8(9(12)13-3)6(2)7(5)10/h4H,1-3H3. The fourth-order valence-electron chi connectivity index (χ4n) is 1.02. The Bertz CT molecular complexity index is 350. The summed E-state index contributed by atoms with van der Waals surface area (Å²) in [5.41, 5.74) is 2.18. The highest BCUT2D eigenvalue weighted by atomic mass is 79.9. The Labute approximate surface area is 85.3 Å². The molecule has 0 unspecified atom stereocenters. The van der Waals surface area contributed by atoms with Crippen LogP contribution in [0.2, 0.25) is 0 Å². The van der Waals surface area contributed by atoms with E-state index in [4.69, 9.17) is 0 Å². The number of carbonyl (C=O) groups excluding carboxylic acids is 1. The summed E-state index contributed by atoms with van der Waals surface area (Å²) in [5, 5.41) is 0. The first kappa shape index (κ1) is 10.2. The molecule has 13 heavy (non-hydrogen) atoms. The summed E-state index contributed by atoms with van der Waals surface area (Å²) in [6.45, 7) is 3.75. The molecular formula is C9H10BrNO2. The number of aryl methyl sites for hydroxylation is 1. The van der Waals surface area contributed by atoms with E-state index in [2.05, 4.69) is 25.7 Å². The second kappa shape index (κ2) is 3.87. The first-order chi connectivity index (χ1) is 6.07. The van der Waals surface area contributed by atoms with Crippen molar-refractivity contribution in [3.8, 4) is 0 Å². The minimum absolute atomic E-state index is 0.361. The Morgan fingerprint density at radius 3 is 2.69 bits per heavy atom. The van der Waals surface area contributed by atoms with Crippen molar-refractivity contribution in [2.45, 2.75) is 13.8 Å². The molecule has 0 aromatic carbocycles. The SMILES string of the molecule is COC(=O)c1ncc(C)c(Br)c1C. The van der Waals surface area contributed by atoms with Crippen LogP contribution in [0, 0.1) is 13.8 Å². The Hall–Kier alpha value is -0.900. The molecule has 0 aliphatic carbocycles. The Balaban J connectivity index is 3.26. The summed E-state index contributed by atoms with van der Waals surface area (Å²) in [5.74, 6) is -0.404. The van der Waals surface area contributed by atoms with Gasteiger partial charge in [0.15, 0.2) is 5.69 Å². The van der Waals surface area contributed by atoms with Gasteiger partial charge < -0.3 is 4.74 Å². The minimum Gasteiger partial charge on any atom is -0.464 e. The lowest BCUT2D eigenvalue weighted by Gasteiger charge is -2.06. The molecular weight excluding hydrogens is 234 g/mol. The van der Waals surface area contributed by atoms with Gasteiger partial charge in [-0.15, -0.1) is 0 Å². The number of pyridine rings is 1. The number of halogens is 1. The van der Waals surface area contributed by atoms with Gasteiger partial charge >= 0.3 is 5.97 Å². The molecule has 1 heterocycles. The topological polar surface area (TPSA) is 39.2 Å². The average Bonchev–Trinajstić information content (AvgIpc) is 2.13. The highest BCUT2D eigenvalue weighted by Gasteiger charge is 2.13. The largest absolute Gasteiger partial charge is 0.464 e. The number of esters is 1. The number of rotatable bonds is 1. The first-order valence-corrected chi connectivity index (χ1v) is 4.57. The van der Waals surface area contributed by atoms with Crippen LogP contribution in [0.1, 0.15) is 21.6 Å². The molecule has 1 aromatic rings. The van der Waals surface area contributed by atoms with Crippen molar-refractivity contribution in [2.75, 3.05) is 7.11 Å². The third kappa shape index (κ3) is 1.88. The van der Waals surface area contributed by atoms with Crippen LogP contribution in [0.25, 0.3) is 0 Å². The lowest BCUT2D eigenvalue weighted by Crippen LogP contribution is -2.07. The fraction of sp³-hybridized carbons (Fsp3) is 0.333. The van der Waals surface area contributed by atoms with Crippen molar-refractivity contribution in [2.24, 2.45) is 0 Å². The lowest BCUT2D eigenvalue weighted by atomic mass is 10.2. The molecule has 0 aliphatic rings. The molecule has 0 amide bonds. The number of hydrogen-bond acceptors (Lipinski definition) is 3. The van der Waals surface area contributed by atoms with E-state index in [1.807, 2.05) is 13.8 Å². The summed E-state index contributed by atoms with van der Waals surface area (Å²) < 4.78 is 5.50. The van der Waals surface area contributed by atoms with Crippen LogP contribution < -0.4 is 0 Å². The predicted octanol–water partition coefficient (Wildman–Crippen LogP) is 2.25. The van der Waals surface area contributed by atoms with Gasteiger partial charge in [-0.3, -0.25) is 0 Å². The second-order valence-electron chi connectivity index (χ2n) is 2.72. The molecule has 0 spiro atoms. The van der Waals surface area contributed by atoms with Crippen molar-refractivity contribution in [1.29, 1.82) is 0 Å².